The van der Waals surface area contributed by atoms with Gasteiger partial charge in [-0.2, -0.15) is 4.98 Å². The van der Waals surface area contributed by atoms with Gasteiger partial charge in [0, 0.05) is 39.2 Å². The minimum atomic E-state index is -0.681. The van der Waals surface area contributed by atoms with Crippen molar-refractivity contribution in [3.63, 3.8) is 0 Å². The Labute approximate surface area is 139 Å². The van der Waals surface area contributed by atoms with Crippen LogP contribution in [0.25, 0.3) is 0 Å². The van der Waals surface area contributed by atoms with Crippen LogP contribution in [0.15, 0.2) is 6.20 Å². The molecule has 9 heteroatoms. The molecule has 1 atom stereocenters. The lowest BCUT2D eigenvalue weighted by Gasteiger charge is -2.43. The van der Waals surface area contributed by atoms with Crippen molar-refractivity contribution in [2.24, 2.45) is 5.73 Å². The zero-order chi connectivity index (χ0) is 16.4. The summed E-state index contributed by atoms with van der Waals surface area (Å²) in [5.41, 5.74) is 4.96. The number of hydrogen-bond donors (Lipinski definition) is 1. The number of halogens is 1. The second kappa shape index (κ2) is 6.46. The largest absolute Gasteiger partial charge is 0.467 e. The van der Waals surface area contributed by atoms with Crippen LogP contribution in [0.4, 0.5) is 5.82 Å². The Morgan fingerprint density at radius 1 is 1.43 bits per heavy atom. The second-order valence-corrected chi connectivity index (χ2v) is 6.11. The first-order valence-electron chi connectivity index (χ1n) is 7.51. The lowest BCUT2D eigenvalue weighted by Crippen LogP contribution is -2.63. The molecule has 1 aromatic heterocycles. The van der Waals surface area contributed by atoms with Gasteiger partial charge in [-0.25, -0.2) is 4.98 Å². The second-order valence-electron chi connectivity index (χ2n) is 5.70. The van der Waals surface area contributed by atoms with Crippen LogP contribution in [0.3, 0.4) is 0 Å². The molecule has 2 saturated heterocycles. The zero-order valence-corrected chi connectivity index (χ0v) is 13.8. The number of methoxy groups -OCH3 is 1. The Morgan fingerprint density at radius 2 is 2.17 bits per heavy atom. The van der Waals surface area contributed by atoms with E-state index in [2.05, 4.69) is 19.8 Å². The number of primary amides is 1. The molecule has 0 radical (unpaired) electrons. The first kappa shape index (κ1) is 16.2. The van der Waals surface area contributed by atoms with Crippen LogP contribution in [0.2, 0.25) is 5.02 Å². The maximum Gasteiger partial charge on any atom is 0.318 e. The van der Waals surface area contributed by atoms with Gasteiger partial charge in [0.1, 0.15) is 10.6 Å². The maximum atomic E-state index is 11.9. The number of piperazine rings is 1. The van der Waals surface area contributed by atoms with Crippen molar-refractivity contribution in [3.8, 4) is 6.01 Å². The van der Waals surface area contributed by atoms with Gasteiger partial charge in [-0.15, -0.1) is 0 Å². The van der Waals surface area contributed by atoms with Crippen molar-refractivity contribution >= 4 is 23.3 Å². The number of aromatic nitrogens is 2. The highest BCUT2D eigenvalue weighted by molar-refractivity contribution is 6.32. The highest BCUT2D eigenvalue weighted by Gasteiger charge is 2.46. The third-order valence-corrected chi connectivity index (χ3v) is 4.80. The van der Waals surface area contributed by atoms with Gasteiger partial charge in [0.25, 0.3) is 0 Å². The van der Waals surface area contributed by atoms with Gasteiger partial charge in [0.15, 0.2) is 5.82 Å². The van der Waals surface area contributed by atoms with E-state index >= 15 is 0 Å². The third kappa shape index (κ3) is 2.93. The smallest absolute Gasteiger partial charge is 0.318 e. The molecular weight excluding hydrogens is 322 g/mol. The monoisotopic (exact) mass is 341 g/mol. The van der Waals surface area contributed by atoms with Gasteiger partial charge in [-0.05, 0) is 0 Å². The highest BCUT2D eigenvalue weighted by Crippen LogP contribution is 2.30. The lowest BCUT2D eigenvalue weighted by atomic mass is 9.94. The molecule has 1 amide bonds. The molecule has 126 valence electrons. The van der Waals surface area contributed by atoms with Crippen molar-refractivity contribution in [1.82, 2.24) is 14.9 Å². The van der Waals surface area contributed by atoms with Crippen molar-refractivity contribution in [2.75, 3.05) is 51.4 Å². The van der Waals surface area contributed by atoms with E-state index in [4.69, 9.17) is 26.8 Å². The minimum Gasteiger partial charge on any atom is -0.467 e. The van der Waals surface area contributed by atoms with Gasteiger partial charge in [-0.3, -0.25) is 9.69 Å². The molecule has 2 aliphatic heterocycles. The molecule has 8 nitrogen and oxygen atoms in total. The van der Waals surface area contributed by atoms with Crippen LogP contribution in [0.5, 0.6) is 6.01 Å². The fourth-order valence-corrected chi connectivity index (χ4v) is 3.37. The highest BCUT2D eigenvalue weighted by atomic mass is 35.5. The van der Waals surface area contributed by atoms with E-state index in [1.165, 1.54) is 13.3 Å². The quantitative estimate of drug-likeness (QED) is 0.817. The predicted octanol–water partition coefficient (Wildman–Crippen LogP) is -0.0950. The molecule has 2 N–H and O–H groups in total. The molecule has 0 aromatic carbocycles. The number of amides is 1. The van der Waals surface area contributed by atoms with Crippen molar-refractivity contribution < 1.29 is 14.3 Å². The van der Waals surface area contributed by atoms with Crippen LogP contribution in [0, 0.1) is 0 Å². The molecule has 2 fully saturated rings. The fourth-order valence-electron chi connectivity index (χ4n) is 3.16. The molecule has 3 rings (SSSR count). The van der Waals surface area contributed by atoms with Crippen molar-refractivity contribution in [2.45, 2.75) is 12.0 Å². The molecule has 23 heavy (non-hydrogen) atoms. The first-order chi connectivity index (χ1) is 11.1. The number of nitrogens with zero attached hydrogens (tertiary/aromatic N) is 4. The standard InChI is InChI=1S/C14H20ClN5O3/c1-22-13-17-8-10(15)11(18-13)19-3-5-20(6-4-19)14(12(16)21)2-7-23-9-14/h8H,2-7,9H2,1H3,(H2,16,21). The van der Waals surface area contributed by atoms with Crippen molar-refractivity contribution in [1.29, 1.82) is 0 Å². The Kier molecular flexibility index (Phi) is 4.56. The van der Waals surface area contributed by atoms with Crippen LogP contribution in [-0.4, -0.2) is 72.8 Å². The van der Waals surface area contributed by atoms with Gasteiger partial charge in [0.05, 0.1) is 19.9 Å². The number of rotatable bonds is 4. The molecule has 0 bridgehead atoms. The first-order valence-corrected chi connectivity index (χ1v) is 7.89. The van der Waals surface area contributed by atoms with Crippen LogP contribution < -0.4 is 15.4 Å². The van der Waals surface area contributed by atoms with Gasteiger partial charge in [0.2, 0.25) is 5.91 Å². The number of anilines is 1. The summed E-state index contributed by atoms with van der Waals surface area (Å²) in [5.74, 6) is 0.333. The fraction of sp³-hybridized carbons (Fsp3) is 0.643. The third-order valence-electron chi connectivity index (χ3n) is 4.53. The van der Waals surface area contributed by atoms with Gasteiger partial charge < -0.3 is 20.1 Å². The summed E-state index contributed by atoms with van der Waals surface area (Å²) in [6.07, 6.45) is 2.18. The Bertz CT molecular complexity index is 586. The molecule has 0 aliphatic carbocycles. The summed E-state index contributed by atoms with van der Waals surface area (Å²) in [7, 11) is 1.52. The lowest BCUT2D eigenvalue weighted by molar-refractivity contribution is -0.130. The van der Waals surface area contributed by atoms with Crippen LogP contribution >= 0.6 is 11.6 Å². The topological polar surface area (TPSA) is 93.8 Å². The van der Waals surface area contributed by atoms with E-state index in [0.717, 1.165) is 0 Å². The predicted molar refractivity (Wildman–Crippen MR) is 84.7 cm³/mol. The summed E-state index contributed by atoms with van der Waals surface area (Å²) in [6, 6.07) is 0.282. The average molecular weight is 342 g/mol. The molecule has 3 heterocycles. The molecular formula is C14H20ClN5O3. The molecule has 1 unspecified atom stereocenters. The van der Waals surface area contributed by atoms with E-state index in [-0.39, 0.29) is 11.9 Å². The summed E-state index contributed by atoms with van der Waals surface area (Å²) in [5, 5.41) is 0.480. The minimum absolute atomic E-state index is 0.282. The number of nitrogens with two attached hydrogens (primary N) is 1. The molecule has 0 spiro atoms. The van der Waals surface area contributed by atoms with Gasteiger partial charge >= 0.3 is 6.01 Å². The van der Waals surface area contributed by atoms with E-state index < -0.39 is 5.54 Å². The SMILES string of the molecule is COc1ncc(Cl)c(N2CCN(C3(C(N)=O)CCOC3)CC2)n1. The molecule has 1 aromatic rings. The Morgan fingerprint density at radius 3 is 2.74 bits per heavy atom. The maximum absolute atomic E-state index is 11.9. The summed E-state index contributed by atoms with van der Waals surface area (Å²) >= 11 is 6.20. The van der Waals surface area contributed by atoms with E-state index in [1.807, 2.05) is 0 Å². The van der Waals surface area contributed by atoms with E-state index in [9.17, 15) is 4.79 Å². The molecule has 0 saturated carbocycles. The number of hydrogen-bond acceptors (Lipinski definition) is 7. The Hall–Kier alpha value is -1.64. The summed E-state index contributed by atoms with van der Waals surface area (Å²) < 4.78 is 10.5. The van der Waals surface area contributed by atoms with Crippen molar-refractivity contribution in [3.05, 3.63) is 11.2 Å². The Balaban J connectivity index is 1.72. The van der Waals surface area contributed by atoms with E-state index in [1.54, 1.807) is 0 Å². The van der Waals surface area contributed by atoms with Crippen LogP contribution in [-0.2, 0) is 9.53 Å². The number of carbonyl (C=O) groups excluding carboxylic acids is 1. The van der Waals surface area contributed by atoms with Crippen LogP contribution in [0.1, 0.15) is 6.42 Å². The summed E-state index contributed by atoms with van der Waals surface area (Å²) in [4.78, 5) is 24.4. The average Bonchev–Trinajstić information content (AvgIpc) is 3.07. The zero-order valence-electron chi connectivity index (χ0n) is 13.0. The number of carbonyl (C=O) groups is 1. The number of ether oxygens (including phenoxy) is 2. The molecule has 2 aliphatic rings. The van der Waals surface area contributed by atoms with E-state index in [0.29, 0.717) is 56.7 Å². The van der Waals surface area contributed by atoms with Gasteiger partial charge in [-0.1, -0.05) is 11.6 Å². The normalized spacial score (nSPS) is 25.6. The summed E-state index contributed by atoms with van der Waals surface area (Å²) in [6.45, 7) is 3.69.